The number of hydrogen-bond acceptors (Lipinski definition) is 4. The van der Waals surface area contributed by atoms with Crippen LogP contribution in [0.1, 0.15) is 24.0 Å². The van der Waals surface area contributed by atoms with Gasteiger partial charge in [0.25, 0.3) is 5.91 Å². The lowest BCUT2D eigenvalue weighted by atomic mass is 10.2. The Bertz CT molecular complexity index is 991. The van der Waals surface area contributed by atoms with Crippen molar-refractivity contribution in [1.82, 2.24) is 10.0 Å². The van der Waals surface area contributed by atoms with E-state index >= 15 is 0 Å². The summed E-state index contributed by atoms with van der Waals surface area (Å²) in [5.74, 6) is 0.127. The molecule has 1 fully saturated rings. The molecule has 6 nitrogen and oxygen atoms in total. The monoisotopic (exact) mass is 442 g/mol. The normalized spacial score (nSPS) is 14.0. The number of rotatable bonds is 8. The minimum Gasteiger partial charge on any atom is -0.484 e. The van der Waals surface area contributed by atoms with Crippen molar-refractivity contribution in [3.63, 3.8) is 0 Å². The summed E-state index contributed by atoms with van der Waals surface area (Å²) in [5.41, 5.74) is 1.38. The number of nitrogens with one attached hydrogen (secondary N) is 2. The average molecular weight is 443 g/mol. The predicted octanol–water partition coefficient (Wildman–Crippen LogP) is 3.44. The Hall–Kier alpha value is -1.80. The average Bonchev–Trinajstić information content (AvgIpc) is 3.43. The van der Waals surface area contributed by atoms with Crippen molar-refractivity contribution in [1.29, 1.82) is 0 Å². The third kappa shape index (κ3) is 5.61. The number of amides is 1. The summed E-state index contributed by atoms with van der Waals surface area (Å²) in [4.78, 5) is 12.2. The van der Waals surface area contributed by atoms with Gasteiger partial charge in [-0.25, -0.2) is 13.1 Å². The fourth-order valence-corrected chi connectivity index (χ4v) is 4.36. The van der Waals surface area contributed by atoms with Crippen molar-refractivity contribution < 1.29 is 17.9 Å². The number of benzene rings is 2. The lowest BCUT2D eigenvalue weighted by Crippen LogP contribution is -2.28. The predicted molar refractivity (Wildman–Crippen MR) is 108 cm³/mol. The van der Waals surface area contributed by atoms with Crippen LogP contribution in [0, 0.1) is 6.92 Å². The molecule has 1 saturated carbocycles. The van der Waals surface area contributed by atoms with Crippen LogP contribution in [-0.2, 0) is 21.4 Å². The topological polar surface area (TPSA) is 84.5 Å². The molecule has 150 valence electrons. The highest BCUT2D eigenvalue weighted by Crippen LogP contribution is 2.25. The van der Waals surface area contributed by atoms with E-state index in [2.05, 4.69) is 10.0 Å². The number of carbonyl (C=O) groups excluding carboxylic acids is 1. The molecule has 2 aromatic carbocycles. The molecule has 28 heavy (non-hydrogen) atoms. The van der Waals surface area contributed by atoms with Gasteiger partial charge in [0.2, 0.25) is 10.0 Å². The van der Waals surface area contributed by atoms with Crippen LogP contribution >= 0.6 is 23.2 Å². The van der Waals surface area contributed by atoms with Crippen molar-refractivity contribution >= 4 is 39.1 Å². The number of halogens is 2. The summed E-state index contributed by atoms with van der Waals surface area (Å²) in [5, 5.41) is 3.71. The van der Waals surface area contributed by atoms with E-state index in [1.807, 2.05) is 0 Å². The zero-order chi connectivity index (χ0) is 20.3. The second-order valence-corrected chi connectivity index (χ2v) is 9.18. The molecule has 0 aromatic heterocycles. The van der Waals surface area contributed by atoms with Crippen LogP contribution in [0.5, 0.6) is 5.75 Å². The van der Waals surface area contributed by atoms with E-state index in [1.54, 1.807) is 31.2 Å². The summed E-state index contributed by atoms with van der Waals surface area (Å²) < 4.78 is 32.6. The lowest BCUT2D eigenvalue weighted by Gasteiger charge is -2.12. The zero-order valence-corrected chi connectivity index (χ0v) is 17.5. The number of aryl methyl sites for hydroxylation is 1. The molecule has 2 N–H and O–H groups in total. The molecule has 0 spiro atoms. The second kappa shape index (κ2) is 8.69. The van der Waals surface area contributed by atoms with Crippen molar-refractivity contribution in [3.8, 4) is 5.75 Å². The van der Waals surface area contributed by atoms with Gasteiger partial charge in [-0.2, -0.15) is 0 Å². The fraction of sp³-hybridized carbons (Fsp3) is 0.316. The Morgan fingerprint density at radius 1 is 1.18 bits per heavy atom. The molecule has 3 rings (SSSR count). The Balaban J connectivity index is 1.54. The van der Waals surface area contributed by atoms with Crippen molar-refractivity contribution in [2.24, 2.45) is 0 Å². The van der Waals surface area contributed by atoms with Gasteiger partial charge in [0.1, 0.15) is 5.75 Å². The first kappa shape index (κ1) is 20.9. The second-order valence-electron chi connectivity index (χ2n) is 6.62. The highest BCUT2D eigenvalue weighted by atomic mass is 35.5. The Kier molecular flexibility index (Phi) is 6.50. The van der Waals surface area contributed by atoms with Gasteiger partial charge in [-0.1, -0.05) is 29.3 Å². The number of hydrogen-bond donors (Lipinski definition) is 2. The summed E-state index contributed by atoms with van der Waals surface area (Å²) >= 11 is 11.9. The molecular weight excluding hydrogens is 423 g/mol. The van der Waals surface area contributed by atoms with Gasteiger partial charge in [0.05, 0.1) is 4.90 Å². The number of carbonyl (C=O) groups is 1. The maximum Gasteiger partial charge on any atom is 0.258 e. The van der Waals surface area contributed by atoms with Crippen molar-refractivity contribution in [3.05, 3.63) is 57.6 Å². The van der Waals surface area contributed by atoms with E-state index in [1.165, 1.54) is 12.1 Å². The molecule has 1 aliphatic rings. The molecule has 1 aliphatic carbocycles. The van der Waals surface area contributed by atoms with Crippen LogP contribution in [-0.4, -0.2) is 27.0 Å². The third-order valence-electron chi connectivity index (χ3n) is 4.21. The van der Waals surface area contributed by atoms with Crippen LogP contribution in [0.3, 0.4) is 0 Å². The first-order chi connectivity index (χ1) is 13.2. The standard InChI is InChI=1S/C19H20Cl2N2O4S/c1-12-8-16(28(25,26)23-15-4-5-15)6-7-18(12)27-11-19(24)22-10-13-2-3-14(20)9-17(13)21/h2-3,6-9,15,23H,4-5,10-11H2,1H3,(H,22,24). The Morgan fingerprint density at radius 3 is 2.57 bits per heavy atom. The summed E-state index contributed by atoms with van der Waals surface area (Å²) in [6.07, 6.45) is 1.74. The van der Waals surface area contributed by atoms with Gasteiger partial charge in [-0.15, -0.1) is 0 Å². The number of sulfonamides is 1. The van der Waals surface area contributed by atoms with Gasteiger partial charge in [0.15, 0.2) is 6.61 Å². The van der Waals surface area contributed by atoms with E-state index in [9.17, 15) is 13.2 Å². The van der Waals surface area contributed by atoms with Crippen LogP contribution < -0.4 is 14.8 Å². The van der Waals surface area contributed by atoms with Crippen LogP contribution in [0.2, 0.25) is 10.0 Å². The zero-order valence-electron chi connectivity index (χ0n) is 15.2. The minimum atomic E-state index is -3.52. The van der Waals surface area contributed by atoms with E-state index in [-0.39, 0.29) is 30.0 Å². The Morgan fingerprint density at radius 2 is 1.93 bits per heavy atom. The number of ether oxygens (including phenoxy) is 1. The minimum absolute atomic E-state index is 0.0408. The van der Waals surface area contributed by atoms with Crippen molar-refractivity contribution in [2.75, 3.05) is 6.61 Å². The molecule has 0 atom stereocenters. The molecule has 0 aliphatic heterocycles. The Labute approximate surface area is 174 Å². The van der Waals surface area contributed by atoms with Crippen LogP contribution in [0.25, 0.3) is 0 Å². The van der Waals surface area contributed by atoms with Gasteiger partial charge < -0.3 is 10.1 Å². The summed E-state index contributed by atoms with van der Waals surface area (Å²) in [6, 6.07) is 9.65. The first-order valence-electron chi connectivity index (χ1n) is 8.71. The van der Waals surface area contributed by atoms with E-state index in [0.29, 0.717) is 21.4 Å². The maximum absolute atomic E-state index is 12.2. The molecule has 2 aromatic rings. The quantitative estimate of drug-likeness (QED) is 0.655. The molecule has 0 saturated heterocycles. The molecule has 1 amide bonds. The largest absolute Gasteiger partial charge is 0.484 e. The van der Waals surface area contributed by atoms with Crippen LogP contribution in [0.15, 0.2) is 41.3 Å². The SMILES string of the molecule is Cc1cc(S(=O)(=O)NC2CC2)ccc1OCC(=O)NCc1ccc(Cl)cc1Cl. The highest BCUT2D eigenvalue weighted by molar-refractivity contribution is 7.89. The van der Waals surface area contributed by atoms with E-state index < -0.39 is 10.0 Å². The molecule has 9 heteroatoms. The van der Waals surface area contributed by atoms with E-state index in [0.717, 1.165) is 18.4 Å². The maximum atomic E-state index is 12.2. The lowest BCUT2D eigenvalue weighted by molar-refractivity contribution is -0.123. The van der Waals surface area contributed by atoms with Gasteiger partial charge in [0, 0.05) is 22.6 Å². The third-order valence-corrected chi connectivity index (χ3v) is 6.31. The van der Waals surface area contributed by atoms with Crippen LogP contribution in [0.4, 0.5) is 0 Å². The van der Waals surface area contributed by atoms with Gasteiger partial charge in [-0.05, 0) is 61.2 Å². The molecular formula is C19H20Cl2N2O4S. The molecule has 0 bridgehead atoms. The molecule has 0 radical (unpaired) electrons. The van der Waals surface area contributed by atoms with Crippen molar-refractivity contribution in [2.45, 2.75) is 37.2 Å². The fourth-order valence-electron chi connectivity index (χ4n) is 2.49. The summed E-state index contributed by atoms with van der Waals surface area (Å²) in [7, 11) is -3.52. The highest BCUT2D eigenvalue weighted by Gasteiger charge is 2.28. The summed E-state index contributed by atoms with van der Waals surface area (Å²) in [6.45, 7) is 1.79. The van der Waals surface area contributed by atoms with Gasteiger partial charge in [-0.3, -0.25) is 4.79 Å². The smallest absolute Gasteiger partial charge is 0.258 e. The molecule has 0 unspecified atom stereocenters. The van der Waals surface area contributed by atoms with E-state index in [4.69, 9.17) is 27.9 Å². The van der Waals surface area contributed by atoms with Gasteiger partial charge >= 0.3 is 0 Å². The molecule has 0 heterocycles. The first-order valence-corrected chi connectivity index (χ1v) is 10.9.